The van der Waals surface area contributed by atoms with Crippen LogP contribution in [0.2, 0.25) is 0 Å². The first-order valence-corrected chi connectivity index (χ1v) is 13.5. The van der Waals surface area contributed by atoms with Crippen molar-refractivity contribution in [2.45, 2.75) is 32.9 Å². The largest absolute Gasteiger partial charge is 0.497 e. The first-order chi connectivity index (χ1) is 19.3. The number of benzene rings is 2. The fourth-order valence-electron chi connectivity index (χ4n) is 5.44. The molecule has 9 heteroatoms. The Morgan fingerprint density at radius 1 is 1.02 bits per heavy atom. The molecule has 2 atom stereocenters. The van der Waals surface area contributed by atoms with Gasteiger partial charge in [0.05, 0.1) is 24.9 Å². The smallest absolute Gasteiger partial charge is 0.250 e. The summed E-state index contributed by atoms with van der Waals surface area (Å²) in [4.78, 5) is 19.0. The maximum atomic E-state index is 12.1. The molecular weight excluding hydrogens is 522 g/mol. The summed E-state index contributed by atoms with van der Waals surface area (Å²) in [7, 11) is 3.18. The monoisotopic (exact) mass is 555 g/mol. The van der Waals surface area contributed by atoms with E-state index in [0.717, 1.165) is 51.0 Å². The number of hydrogen-bond donors (Lipinski definition) is 2. The van der Waals surface area contributed by atoms with Gasteiger partial charge in [0.15, 0.2) is 5.11 Å². The van der Waals surface area contributed by atoms with Crippen LogP contribution in [0.5, 0.6) is 5.75 Å². The van der Waals surface area contributed by atoms with E-state index in [1.165, 1.54) is 7.11 Å². The molecule has 1 aliphatic rings. The van der Waals surface area contributed by atoms with Crippen molar-refractivity contribution in [2.24, 2.45) is 0 Å². The Hall–Kier alpha value is -4.21. The number of aryl methyl sites for hydroxylation is 2. The van der Waals surface area contributed by atoms with Gasteiger partial charge in [-0.2, -0.15) is 0 Å². The number of carbonyl (C=O) groups is 1. The summed E-state index contributed by atoms with van der Waals surface area (Å²) in [6.07, 6.45) is 1.81. The SMILES string of the molecule is COCC(=O)Nc1ccc(N2C(=S)N[C@@H](c3ccccn3)[C@H]2c2cc(C)n(-c3cccc(OC)c3)c2C)cc1C. The number of rotatable bonds is 8. The van der Waals surface area contributed by atoms with Crippen LogP contribution in [0.3, 0.4) is 0 Å². The molecule has 5 rings (SSSR count). The zero-order valence-corrected chi connectivity index (χ0v) is 24.1. The molecule has 40 heavy (non-hydrogen) atoms. The Kier molecular flexibility index (Phi) is 7.86. The lowest BCUT2D eigenvalue weighted by atomic mass is 9.96. The normalized spacial score (nSPS) is 16.6. The van der Waals surface area contributed by atoms with Gasteiger partial charge >= 0.3 is 0 Å². The van der Waals surface area contributed by atoms with Crippen molar-refractivity contribution in [3.05, 3.63) is 101 Å². The van der Waals surface area contributed by atoms with Crippen molar-refractivity contribution in [3.63, 3.8) is 0 Å². The van der Waals surface area contributed by atoms with Crippen molar-refractivity contribution in [1.29, 1.82) is 0 Å². The number of pyridine rings is 1. The number of nitrogens with zero attached hydrogens (tertiary/aromatic N) is 3. The first kappa shape index (κ1) is 27.4. The predicted molar refractivity (Wildman–Crippen MR) is 161 cm³/mol. The van der Waals surface area contributed by atoms with E-state index in [2.05, 4.69) is 51.1 Å². The Labute approximate surface area is 239 Å². The second-order valence-electron chi connectivity index (χ2n) is 9.84. The van der Waals surface area contributed by atoms with Crippen LogP contribution in [0, 0.1) is 20.8 Å². The van der Waals surface area contributed by atoms with Crippen LogP contribution in [-0.4, -0.2) is 41.4 Å². The maximum absolute atomic E-state index is 12.1. The van der Waals surface area contributed by atoms with Crippen LogP contribution in [0.15, 0.2) is 72.9 Å². The highest BCUT2D eigenvalue weighted by Crippen LogP contribution is 2.44. The molecule has 206 valence electrons. The van der Waals surface area contributed by atoms with E-state index in [9.17, 15) is 4.79 Å². The van der Waals surface area contributed by atoms with E-state index < -0.39 is 0 Å². The van der Waals surface area contributed by atoms with Gasteiger partial charge in [-0.3, -0.25) is 9.78 Å². The Balaban J connectivity index is 1.61. The maximum Gasteiger partial charge on any atom is 0.250 e. The Morgan fingerprint density at radius 3 is 2.55 bits per heavy atom. The van der Waals surface area contributed by atoms with E-state index in [-0.39, 0.29) is 24.6 Å². The van der Waals surface area contributed by atoms with E-state index in [0.29, 0.717) is 5.11 Å². The van der Waals surface area contributed by atoms with Crippen LogP contribution in [0.4, 0.5) is 11.4 Å². The quantitative estimate of drug-likeness (QED) is 0.275. The van der Waals surface area contributed by atoms with Crippen molar-refractivity contribution in [3.8, 4) is 11.4 Å². The molecule has 1 fully saturated rings. The zero-order valence-electron chi connectivity index (χ0n) is 23.3. The molecule has 0 unspecified atom stereocenters. The number of ether oxygens (including phenoxy) is 2. The van der Waals surface area contributed by atoms with Crippen molar-refractivity contribution in [2.75, 3.05) is 31.0 Å². The summed E-state index contributed by atoms with van der Waals surface area (Å²) < 4.78 is 12.7. The summed E-state index contributed by atoms with van der Waals surface area (Å²) in [5, 5.41) is 7.07. The number of methoxy groups -OCH3 is 2. The highest BCUT2D eigenvalue weighted by atomic mass is 32.1. The van der Waals surface area contributed by atoms with Crippen LogP contribution in [0.1, 0.15) is 40.3 Å². The van der Waals surface area contributed by atoms with Crippen molar-refractivity contribution < 1.29 is 14.3 Å². The molecule has 0 radical (unpaired) electrons. The molecule has 1 saturated heterocycles. The summed E-state index contributed by atoms with van der Waals surface area (Å²) in [5.74, 6) is 0.603. The molecule has 2 aromatic heterocycles. The molecule has 0 saturated carbocycles. The number of hydrogen-bond acceptors (Lipinski definition) is 5. The fourth-order valence-corrected chi connectivity index (χ4v) is 5.78. The molecular formula is C31H33N5O3S. The third-order valence-electron chi connectivity index (χ3n) is 7.24. The van der Waals surface area contributed by atoms with Crippen LogP contribution in [-0.2, 0) is 9.53 Å². The molecule has 2 N–H and O–H groups in total. The lowest BCUT2D eigenvalue weighted by Gasteiger charge is -2.29. The summed E-state index contributed by atoms with van der Waals surface area (Å²) >= 11 is 5.94. The minimum atomic E-state index is -0.199. The van der Waals surface area contributed by atoms with Gasteiger partial charge in [-0.05, 0) is 92.6 Å². The number of amides is 1. The molecule has 4 aromatic rings. The van der Waals surface area contributed by atoms with Gasteiger partial charge < -0.3 is 29.6 Å². The minimum absolute atomic E-state index is 0.00193. The average molecular weight is 556 g/mol. The molecule has 0 bridgehead atoms. The lowest BCUT2D eigenvalue weighted by Crippen LogP contribution is -2.29. The number of thiocarbonyl (C=S) groups is 1. The first-order valence-electron chi connectivity index (χ1n) is 13.1. The second-order valence-corrected chi connectivity index (χ2v) is 10.2. The van der Waals surface area contributed by atoms with Gasteiger partial charge in [0, 0.05) is 47.8 Å². The third kappa shape index (κ3) is 5.17. The number of carbonyl (C=O) groups excluding carboxylic acids is 1. The summed E-state index contributed by atoms with van der Waals surface area (Å²) in [6, 6.07) is 21.8. The number of aromatic nitrogens is 2. The van der Waals surface area contributed by atoms with Crippen molar-refractivity contribution >= 4 is 34.6 Å². The van der Waals surface area contributed by atoms with Gasteiger partial charge in [0.1, 0.15) is 12.4 Å². The van der Waals surface area contributed by atoms with Crippen molar-refractivity contribution in [1.82, 2.24) is 14.9 Å². The Bertz CT molecular complexity index is 1550. The topological polar surface area (TPSA) is 80.7 Å². The van der Waals surface area contributed by atoms with E-state index in [1.54, 1.807) is 13.3 Å². The highest BCUT2D eigenvalue weighted by molar-refractivity contribution is 7.80. The molecule has 0 aliphatic carbocycles. The number of nitrogens with one attached hydrogen (secondary N) is 2. The summed E-state index contributed by atoms with van der Waals surface area (Å²) in [5.41, 5.74) is 7.86. The standard InChI is InChI=1S/C31H33N5O3S/c1-19-15-23(12-13-26(19)33-28(37)18-38-4)36-30(29(34-31(36)40)27-11-6-7-14-32-27)25-16-20(2)35(21(25)3)22-9-8-10-24(17-22)39-5/h6-17,29-30H,18H2,1-5H3,(H,33,37)(H,34,40)/t29-,30+/m0/s1. The lowest BCUT2D eigenvalue weighted by molar-refractivity contribution is -0.119. The van der Waals surface area contributed by atoms with E-state index in [4.69, 9.17) is 21.7 Å². The van der Waals surface area contributed by atoms with Crippen LogP contribution < -0.4 is 20.3 Å². The molecule has 1 aliphatic heterocycles. The molecule has 8 nitrogen and oxygen atoms in total. The predicted octanol–water partition coefficient (Wildman–Crippen LogP) is 5.57. The van der Waals surface area contributed by atoms with Gasteiger partial charge in [-0.15, -0.1) is 0 Å². The highest BCUT2D eigenvalue weighted by Gasteiger charge is 2.42. The molecule has 1 amide bonds. The fraction of sp³-hybridized carbons (Fsp3) is 0.258. The van der Waals surface area contributed by atoms with Crippen LogP contribution >= 0.6 is 12.2 Å². The van der Waals surface area contributed by atoms with E-state index in [1.807, 2.05) is 61.5 Å². The van der Waals surface area contributed by atoms with Crippen LogP contribution in [0.25, 0.3) is 5.69 Å². The average Bonchev–Trinajstić information content (AvgIpc) is 3.45. The Morgan fingerprint density at radius 2 is 1.85 bits per heavy atom. The summed E-state index contributed by atoms with van der Waals surface area (Å²) in [6.45, 7) is 6.21. The van der Waals surface area contributed by atoms with Gasteiger partial charge in [0.2, 0.25) is 5.91 Å². The molecule has 2 aromatic carbocycles. The minimum Gasteiger partial charge on any atom is -0.497 e. The second kappa shape index (κ2) is 11.5. The van der Waals surface area contributed by atoms with E-state index >= 15 is 0 Å². The van der Waals surface area contributed by atoms with Gasteiger partial charge in [-0.25, -0.2) is 0 Å². The molecule has 3 heterocycles. The third-order valence-corrected chi connectivity index (χ3v) is 7.55. The van der Waals surface area contributed by atoms with Gasteiger partial charge in [-0.1, -0.05) is 12.1 Å². The van der Waals surface area contributed by atoms with Gasteiger partial charge in [0.25, 0.3) is 0 Å². The number of anilines is 2. The molecule has 0 spiro atoms. The zero-order chi connectivity index (χ0) is 28.4.